The van der Waals surface area contributed by atoms with E-state index in [9.17, 15) is 9.59 Å². The maximum atomic E-state index is 12.2. The zero-order chi connectivity index (χ0) is 17.1. The third-order valence-corrected chi connectivity index (χ3v) is 4.33. The van der Waals surface area contributed by atoms with Crippen LogP contribution < -0.4 is 14.8 Å². The molecular formula is C15H15IN2O4S. The molecule has 23 heavy (non-hydrogen) atoms. The van der Waals surface area contributed by atoms with E-state index in [4.69, 9.17) is 21.7 Å². The number of methoxy groups -OCH3 is 1. The van der Waals surface area contributed by atoms with Crippen LogP contribution in [0.4, 0.5) is 0 Å². The number of nitrogens with one attached hydrogen (secondary N) is 1. The Morgan fingerprint density at radius 1 is 1.39 bits per heavy atom. The Balaban J connectivity index is 2.46. The van der Waals surface area contributed by atoms with Crippen LogP contribution in [0.25, 0.3) is 6.08 Å². The summed E-state index contributed by atoms with van der Waals surface area (Å²) in [5.41, 5.74) is 0.678. The first kappa shape index (κ1) is 17.7. The summed E-state index contributed by atoms with van der Waals surface area (Å²) < 4.78 is 11.7. The molecule has 0 aromatic heterocycles. The molecule has 0 bridgehead atoms. The lowest BCUT2D eigenvalue weighted by Gasteiger charge is -2.25. The van der Waals surface area contributed by atoms with Gasteiger partial charge in [0.15, 0.2) is 16.6 Å². The molecule has 2 rings (SSSR count). The normalized spacial score (nSPS) is 16.6. The molecule has 1 fully saturated rings. The average Bonchev–Trinajstić information content (AvgIpc) is 2.51. The van der Waals surface area contributed by atoms with Gasteiger partial charge in [0, 0.05) is 7.05 Å². The molecule has 0 aliphatic carbocycles. The first-order chi connectivity index (χ1) is 10.9. The number of amides is 2. The second-order valence-electron chi connectivity index (χ2n) is 4.65. The second-order valence-corrected chi connectivity index (χ2v) is 6.20. The Morgan fingerprint density at radius 2 is 2.09 bits per heavy atom. The minimum atomic E-state index is -0.513. The minimum absolute atomic E-state index is 0.0168. The lowest BCUT2D eigenvalue weighted by atomic mass is 10.1. The van der Waals surface area contributed by atoms with Gasteiger partial charge in [0.2, 0.25) is 0 Å². The van der Waals surface area contributed by atoms with Crippen LogP contribution in [0.2, 0.25) is 0 Å². The molecule has 1 saturated heterocycles. The minimum Gasteiger partial charge on any atom is -0.493 e. The zero-order valence-electron chi connectivity index (χ0n) is 12.8. The number of hydrogen-bond donors (Lipinski definition) is 1. The fourth-order valence-corrected chi connectivity index (χ4v) is 2.98. The van der Waals surface area contributed by atoms with Crippen molar-refractivity contribution in [1.29, 1.82) is 0 Å². The molecule has 0 unspecified atom stereocenters. The number of carbonyl (C=O) groups is 2. The largest absolute Gasteiger partial charge is 0.493 e. The van der Waals surface area contributed by atoms with Gasteiger partial charge in [-0.3, -0.25) is 19.8 Å². The van der Waals surface area contributed by atoms with Crippen molar-refractivity contribution < 1.29 is 19.1 Å². The molecule has 1 heterocycles. The smallest absolute Gasteiger partial charge is 0.265 e. The van der Waals surface area contributed by atoms with Crippen molar-refractivity contribution in [1.82, 2.24) is 10.2 Å². The molecule has 1 N–H and O–H groups in total. The van der Waals surface area contributed by atoms with Crippen molar-refractivity contribution in [3.63, 3.8) is 0 Å². The summed E-state index contributed by atoms with van der Waals surface area (Å²) in [4.78, 5) is 25.4. The summed E-state index contributed by atoms with van der Waals surface area (Å²) in [7, 11) is 3.05. The van der Waals surface area contributed by atoms with Gasteiger partial charge in [-0.15, -0.1) is 0 Å². The molecule has 2 amide bonds. The molecule has 0 spiro atoms. The molecule has 1 aromatic rings. The van der Waals surface area contributed by atoms with Gasteiger partial charge in [-0.25, -0.2) is 0 Å². The quantitative estimate of drug-likeness (QED) is 0.332. The lowest BCUT2D eigenvalue weighted by molar-refractivity contribution is -0.128. The van der Waals surface area contributed by atoms with Gasteiger partial charge in [-0.1, -0.05) is 0 Å². The summed E-state index contributed by atoms with van der Waals surface area (Å²) >= 11 is 7.03. The molecule has 122 valence electrons. The Morgan fingerprint density at radius 3 is 2.70 bits per heavy atom. The van der Waals surface area contributed by atoms with Crippen molar-refractivity contribution in [3.8, 4) is 11.5 Å². The zero-order valence-corrected chi connectivity index (χ0v) is 15.8. The number of nitrogens with zero attached hydrogens (tertiary/aromatic N) is 1. The van der Waals surface area contributed by atoms with Crippen molar-refractivity contribution in [3.05, 3.63) is 26.8 Å². The Kier molecular flexibility index (Phi) is 5.58. The number of ether oxygens (including phenoxy) is 2. The summed E-state index contributed by atoms with van der Waals surface area (Å²) in [6.07, 6.45) is 1.51. The van der Waals surface area contributed by atoms with E-state index in [-0.39, 0.29) is 10.7 Å². The van der Waals surface area contributed by atoms with E-state index in [0.29, 0.717) is 23.7 Å². The average molecular weight is 446 g/mol. The van der Waals surface area contributed by atoms with Gasteiger partial charge < -0.3 is 9.47 Å². The summed E-state index contributed by atoms with van der Waals surface area (Å²) in [5.74, 6) is 0.219. The summed E-state index contributed by atoms with van der Waals surface area (Å²) in [6, 6.07) is 3.53. The Labute approximate surface area is 153 Å². The highest BCUT2D eigenvalue weighted by molar-refractivity contribution is 14.1. The maximum absolute atomic E-state index is 12.2. The van der Waals surface area contributed by atoms with Crippen LogP contribution in [0, 0.1) is 3.57 Å². The van der Waals surface area contributed by atoms with E-state index in [1.165, 1.54) is 25.1 Å². The highest BCUT2D eigenvalue weighted by Gasteiger charge is 2.30. The molecular weight excluding hydrogens is 431 g/mol. The standard InChI is InChI=1S/C15H15IN2O4S/c1-4-22-12-10(16)6-8(7-11(12)21-3)5-9-13(19)17-15(23)18(2)14(9)20/h5-7H,4H2,1-3H3,(H,17,19,23)/b9-5-. The van der Waals surface area contributed by atoms with Crippen LogP contribution in [-0.2, 0) is 9.59 Å². The SMILES string of the molecule is CCOc1c(I)cc(/C=C2/C(=O)NC(=S)N(C)C2=O)cc1OC. The van der Waals surface area contributed by atoms with E-state index >= 15 is 0 Å². The van der Waals surface area contributed by atoms with Crippen molar-refractivity contribution in [2.24, 2.45) is 0 Å². The van der Waals surface area contributed by atoms with Crippen LogP contribution in [0.3, 0.4) is 0 Å². The summed E-state index contributed by atoms with van der Waals surface area (Å²) in [5, 5.41) is 2.57. The molecule has 0 radical (unpaired) electrons. The predicted octanol–water partition coefficient (Wildman–Crippen LogP) is 1.96. The molecule has 0 atom stereocenters. The third kappa shape index (κ3) is 3.63. The highest BCUT2D eigenvalue weighted by Crippen LogP contribution is 2.34. The number of hydrogen-bond acceptors (Lipinski definition) is 5. The van der Waals surface area contributed by atoms with Gasteiger partial charge in [-0.2, -0.15) is 0 Å². The first-order valence-corrected chi connectivity index (χ1v) is 8.23. The van der Waals surface area contributed by atoms with Crippen molar-refractivity contribution in [2.75, 3.05) is 20.8 Å². The number of carbonyl (C=O) groups excluding carboxylic acids is 2. The topological polar surface area (TPSA) is 67.9 Å². The van der Waals surface area contributed by atoms with E-state index < -0.39 is 11.8 Å². The molecule has 0 saturated carbocycles. The van der Waals surface area contributed by atoms with E-state index in [1.54, 1.807) is 6.07 Å². The predicted molar refractivity (Wildman–Crippen MR) is 98.4 cm³/mol. The van der Waals surface area contributed by atoms with Gasteiger partial charge in [0.05, 0.1) is 17.3 Å². The molecule has 1 aliphatic rings. The van der Waals surface area contributed by atoms with E-state index in [2.05, 4.69) is 27.9 Å². The van der Waals surface area contributed by atoms with Crippen molar-refractivity contribution in [2.45, 2.75) is 6.92 Å². The van der Waals surface area contributed by atoms with Crippen LogP contribution in [-0.4, -0.2) is 42.6 Å². The molecule has 8 heteroatoms. The third-order valence-electron chi connectivity index (χ3n) is 3.16. The van der Waals surface area contributed by atoms with Crippen molar-refractivity contribution >= 4 is 57.8 Å². The molecule has 1 aliphatic heterocycles. The lowest BCUT2D eigenvalue weighted by Crippen LogP contribution is -2.52. The second kappa shape index (κ2) is 7.26. The number of benzene rings is 1. The fraction of sp³-hybridized carbons (Fsp3) is 0.267. The number of likely N-dealkylation sites (N-methyl/N-ethyl adjacent to an activating group) is 1. The van der Waals surface area contributed by atoms with Crippen LogP contribution in [0.15, 0.2) is 17.7 Å². The van der Waals surface area contributed by atoms with Gasteiger partial charge in [0.1, 0.15) is 5.57 Å². The van der Waals surface area contributed by atoms with E-state index in [1.807, 2.05) is 13.0 Å². The van der Waals surface area contributed by atoms with Crippen LogP contribution >= 0.6 is 34.8 Å². The first-order valence-electron chi connectivity index (χ1n) is 6.74. The number of halogens is 1. The van der Waals surface area contributed by atoms with Gasteiger partial charge >= 0.3 is 0 Å². The summed E-state index contributed by atoms with van der Waals surface area (Å²) in [6.45, 7) is 2.39. The molecule has 1 aromatic carbocycles. The van der Waals surface area contributed by atoms with E-state index in [0.717, 1.165) is 3.57 Å². The maximum Gasteiger partial charge on any atom is 0.265 e. The van der Waals surface area contributed by atoms with Gasteiger partial charge in [0.25, 0.3) is 11.8 Å². The van der Waals surface area contributed by atoms with Crippen LogP contribution in [0.1, 0.15) is 12.5 Å². The monoisotopic (exact) mass is 446 g/mol. The molecule has 6 nitrogen and oxygen atoms in total. The van der Waals surface area contributed by atoms with Gasteiger partial charge in [-0.05, 0) is 65.5 Å². The highest BCUT2D eigenvalue weighted by atomic mass is 127. The Hall–Kier alpha value is -1.68. The number of thiocarbonyl (C=S) groups is 1. The fourth-order valence-electron chi connectivity index (χ4n) is 2.02. The Bertz CT molecular complexity index is 718. The number of rotatable bonds is 4. The van der Waals surface area contributed by atoms with Crippen LogP contribution in [0.5, 0.6) is 11.5 Å².